The summed E-state index contributed by atoms with van der Waals surface area (Å²) >= 11 is 0. The normalized spacial score (nSPS) is 12.2. The summed E-state index contributed by atoms with van der Waals surface area (Å²) in [5.41, 5.74) is 12.5. The molecule has 262 valence electrons. The number of benzene rings is 4. The Bertz CT molecular complexity index is 2850. The van der Waals surface area contributed by atoms with Crippen molar-refractivity contribution >= 4 is 40.2 Å². The second-order valence-corrected chi connectivity index (χ2v) is 13.3. The lowest BCUT2D eigenvalue weighted by Gasteiger charge is -2.07. The molecule has 8 bridgehead atoms. The maximum absolute atomic E-state index is 11.8. The molecule has 0 aliphatic carbocycles. The fourth-order valence-electron chi connectivity index (χ4n) is 7.49. The fraction of sp³-hybridized carbons (Fsp3) is 0.0444. The summed E-state index contributed by atoms with van der Waals surface area (Å²) in [6.45, 7) is 0. The van der Waals surface area contributed by atoms with Gasteiger partial charge in [-0.25, -0.2) is 9.78 Å². The zero-order valence-corrected chi connectivity index (χ0v) is 28.7. The molecule has 0 saturated carbocycles. The number of nitrogens with one attached hydrogen (secondary N) is 2. The fourth-order valence-corrected chi connectivity index (χ4v) is 7.49. The van der Waals surface area contributed by atoms with Gasteiger partial charge in [0.25, 0.3) is 0 Å². The highest BCUT2D eigenvalue weighted by Crippen LogP contribution is 2.39. The molecule has 9 heteroatoms. The summed E-state index contributed by atoms with van der Waals surface area (Å²) in [6.07, 6.45) is 5.11. The standard InChI is InChI=1S/C45H32N4O5/c50-30-7-1-4-27(22-30)42-35-16-14-33(46-35)41(25-10-12-26(13-11-25)45(53)54)34-15-17-36(47-34)43(28-5-2-8-31(51)23-28)38-19-21-40(49-38)44(39-20-18-37(42)48-39)29-6-3-9-32(52)24-29/h1-18,20,22-24,47-48,50-52H,19,21H2,(H,53,54). The quantitative estimate of drug-likeness (QED) is 0.104. The van der Waals surface area contributed by atoms with Crippen LogP contribution < -0.4 is 0 Å². The number of rotatable bonds is 5. The number of phenols is 3. The highest BCUT2D eigenvalue weighted by Gasteiger charge is 2.21. The summed E-state index contributed by atoms with van der Waals surface area (Å²) in [7, 11) is 0. The second-order valence-electron chi connectivity index (χ2n) is 13.3. The number of aromatic hydroxyl groups is 3. The van der Waals surface area contributed by atoms with E-state index in [1.807, 2.05) is 66.7 Å². The van der Waals surface area contributed by atoms with Gasteiger partial charge < -0.3 is 30.4 Å². The highest BCUT2D eigenvalue weighted by atomic mass is 16.4. The van der Waals surface area contributed by atoms with Crippen molar-refractivity contribution in [2.45, 2.75) is 12.8 Å². The van der Waals surface area contributed by atoms with E-state index < -0.39 is 5.97 Å². The van der Waals surface area contributed by atoms with E-state index in [0.717, 1.165) is 78.0 Å². The Balaban J connectivity index is 1.46. The molecule has 0 spiro atoms. The first-order valence-electron chi connectivity index (χ1n) is 17.5. The number of carboxylic acids is 1. The van der Waals surface area contributed by atoms with Gasteiger partial charge in [-0.2, -0.15) is 0 Å². The van der Waals surface area contributed by atoms with Crippen molar-refractivity contribution in [1.82, 2.24) is 19.9 Å². The predicted molar refractivity (Wildman–Crippen MR) is 211 cm³/mol. The van der Waals surface area contributed by atoms with Gasteiger partial charge in [-0.15, -0.1) is 0 Å². The van der Waals surface area contributed by atoms with Gasteiger partial charge >= 0.3 is 5.97 Å². The molecule has 0 radical (unpaired) electrons. The highest BCUT2D eigenvalue weighted by molar-refractivity contribution is 5.98. The molecule has 54 heavy (non-hydrogen) atoms. The summed E-state index contributed by atoms with van der Waals surface area (Å²) < 4.78 is 0. The summed E-state index contributed by atoms with van der Waals surface area (Å²) in [5.74, 6) is -0.632. The minimum Gasteiger partial charge on any atom is -0.508 e. The SMILES string of the molecule is O=C(O)c1ccc(-c2c3nc(c(-c4cccc(O)c4)c4ccc([nH]4)c(-c4cccc(O)c4)c4nc(c(-c5cccc(O)c5)c5ccc2[nH]5)CC4)C=C3)cc1. The third-order valence-corrected chi connectivity index (χ3v) is 9.87. The number of hydrogen-bond acceptors (Lipinski definition) is 6. The van der Waals surface area contributed by atoms with Gasteiger partial charge in [-0.05, 0) is 120 Å². The number of nitrogens with zero attached hydrogens (tertiary/aromatic N) is 2. The Hall–Kier alpha value is -7.39. The van der Waals surface area contributed by atoms with Gasteiger partial charge in [-0.1, -0.05) is 48.5 Å². The number of aromatic nitrogens is 4. The number of carboxylic acid groups (broad SMARTS) is 1. The molecule has 9 nitrogen and oxygen atoms in total. The van der Waals surface area contributed by atoms with E-state index in [4.69, 9.17) is 9.97 Å². The molecule has 7 aromatic rings. The van der Waals surface area contributed by atoms with Crippen molar-refractivity contribution in [3.63, 3.8) is 0 Å². The largest absolute Gasteiger partial charge is 0.508 e. The number of carbonyl (C=O) groups is 1. The van der Waals surface area contributed by atoms with Crippen molar-refractivity contribution in [2.75, 3.05) is 0 Å². The average Bonchev–Trinajstić information content (AvgIpc) is 4.00. The zero-order valence-electron chi connectivity index (χ0n) is 28.7. The number of aromatic amines is 2. The van der Waals surface area contributed by atoms with Crippen LogP contribution >= 0.6 is 0 Å². The van der Waals surface area contributed by atoms with Gasteiger partial charge in [0.05, 0.1) is 28.3 Å². The average molecular weight is 709 g/mol. The van der Waals surface area contributed by atoms with Crippen LogP contribution in [0.5, 0.6) is 17.2 Å². The zero-order chi connectivity index (χ0) is 36.9. The maximum atomic E-state index is 11.8. The van der Waals surface area contributed by atoms with Crippen molar-refractivity contribution in [1.29, 1.82) is 0 Å². The second kappa shape index (κ2) is 13.0. The van der Waals surface area contributed by atoms with Gasteiger partial charge in [0.2, 0.25) is 0 Å². The molecule has 0 fully saturated rings. The van der Waals surface area contributed by atoms with Crippen LogP contribution in [0.15, 0.2) is 121 Å². The van der Waals surface area contributed by atoms with E-state index in [1.54, 1.807) is 66.7 Å². The van der Waals surface area contributed by atoms with Crippen LogP contribution in [0.1, 0.15) is 33.1 Å². The topological polar surface area (TPSA) is 155 Å². The Kier molecular flexibility index (Phi) is 7.82. The molecule has 2 aliphatic heterocycles. The van der Waals surface area contributed by atoms with Crippen LogP contribution in [0.25, 0.3) is 78.7 Å². The molecule has 0 atom stereocenters. The Morgan fingerprint density at radius 3 is 1.31 bits per heavy atom. The van der Waals surface area contributed by atoms with E-state index in [2.05, 4.69) is 9.97 Å². The van der Waals surface area contributed by atoms with Crippen molar-refractivity contribution in [2.24, 2.45) is 0 Å². The number of hydrogen-bond donors (Lipinski definition) is 6. The molecule has 9 rings (SSSR count). The smallest absolute Gasteiger partial charge is 0.335 e. The Labute approximate surface area is 308 Å². The predicted octanol–water partition coefficient (Wildman–Crippen LogP) is 9.75. The lowest BCUT2D eigenvalue weighted by Crippen LogP contribution is -1.95. The van der Waals surface area contributed by atoms with Crippen LogP contribution in [0.2, 0.25) is 0 Å². The minimum atomic E-state index is -1.01. The van der Waals surface area contributed by atoms with Crippen molar-refractivity contribution < 1.29 is 25.2 Å². The first-order valence-corrected chi connectivity index (χ1v) is 17.5. The third-order valence-electron chi connectivity index (χ3n) is 9.87. The van der Waals surface area contributed by atoms with E-state index >= 15 is 0 Å². The molecule has 0 unspecified atom stereocenters. The van der Waals surface area contributed by atoms with Gasteiger partial charge in [0, 0.05) is 44.3 Å². The Morgan fingerprint density at radius 1 is 0.481 bits per heavy atom. The van der Waals surface area contributed by atoms with Crippen LogP contribution in [0, 0.1) is 0 Å². The third kappa shape index (κ3) is 5.83. The number of aryl methyl sites for hydroxylation is 2. The minimum absolute atomic E-state index is 0.115. The lowest BCUT2D eigenvalue weighted by atomic mass is 10.0. The van der Waals surface area contributed by atoms with Crippen LogP contribution in [0.3, 0.4) is 0 Å². The molecule has 5 heterocycles. The monoisotopic (exact) mass is 708 g/mol. The number of aromatic carboxylic acids is 1. The molecular formula is C45H32N4O5. The van der Waals surface area contributed by atoms with E-state index in [9.17, 15) is 25.2 Å². The lowest BCUT2D eigenvalue weighted by molar-refractivity contribution is 0.0697. The van der Waals surface area contributed by atoms with Gasteiger partial charge in [0.1, 0.15) is 17.2 Å². The van der Waals surface area contributed by atoms with Crippen LogP contribution in [-0.4, -0.2) is 46.3 Å². The molecule has 0 saturated heterocycles. The van der Waals surface area contributed by atoms with Crippen LogP contribution in [0.4, 0.5) is 0 Å². The molecule has 0 amide bonds. The van der Waals surface area contributed by atoms with Gasteiger partial charge in [0.15, 0.2) is 0 Å². The molecule has 6 N–H and O–H groups in total. The van der Waals surface area contributed by atoms with Crippen molar-refractivity contribution in [3.05, 3.63) is 150 Å². The summed E-state index contributed by atoms with van der Waals surface area (Å²) in [5, 5.41) is 41.4. The van der Waals surface area contributed by atoms with E-state index in [-0.39, 0.29) is 22.8 Å². The molecule has 3 aromatic heterocycles. The van der Waals surface area contributed by atoms with E-state index in [1.165, 1.54) is 0 Å². The van der Waals surface area contributed by atoms with Crippen LogP contribution in [-0.2, 0) is 12.8 Å². The maximum Gasteiger partial charge on any atom is 0.335 e. The first-order chi connectivity index (χ1) is 26.3. The van der Waals surface area contributed by atoms with Gasteiger partial charge in [-0.3, -0.25) is 4.98 Å². The first kappa shape index (κ1) is 32.5. The summed E-state index contributed by atoms with van der Waals surface area (Å²) in [4.78, 5) is 29.6. The molecule has 4 aromatic carbocycles. The van der Waals surface area contributed by atoms with E-state index in [0.29, 0.717) is 24.2 Å². The van der Waals surface area contributed by atoms with Crippen molar-refractivity contribution in [3.8, 4) is 61.8 Å². The molecule has 2 aliphatic rings. The number of phenolic OH excluding ortho intramolecular Hbond substituents is 3. The molecular weight excluding hydrogens is 677 g/mol. The number of H-pyrrole nitrogens is 2. The Morgan fingerprint density at radius 2 is 0.889 bits per heavy atom. The summed E-state index contributed by atoms with van der Waals surface area (Å²) in [6, 6.07) is 36.0. The number of fused-ring (bicyclic) bond motifs is 8.